The molecule has 4 aromatic rings. The molecule has 200 valence electrons. The first kappa shape index (κ1) is 27.0. The lowest BCUT2D eigenvalue weighted by Crippen LogP contribution is -2.39. The quantitative estimate of drug-likeness (QED) is 0.200. The number of fused-ring (bicyclic) bond motifs is 1. The second kappa shape index (κ2) is 9.67. The Bertz CT molecular complexity index is 1750. The summed E-state index contributed by atoms with van der Waals surface area (Å²) in [5.74, 6) is -4.52. The molecular formula is C19H15F3N8O6S2. The van der Waals surface area contributed by atoms with Gasteiger partial charge in [-0.25, -0.2) is 26.8 Å². The van der Waals surface area contributed by atoms with Crippen LogP contribution < -0.4 is 10.9 Å². The maximum Gasteiger partial charge on any atom is 0.490 e. The van der Waals surface area contributed by atoms with Gasteiger partial charge in [0.1, 0.15) is 10.6 Å². The Morgan fingerprint density at radius 2 is 1.84 bits per heavy atom. The number of rotatable bonds is 7. The SMILES string of the molecule is NC(CS(=O)(=O)c1ccc(-c2cnc3cccnc3c2)c(-c2nn[nH]n2)c1S(N)(=O)=O)OC(=O)C(F)(F)F. The molecule has 0 radical (unpaired) electrons. The van der Waals surface area contributed by atoms with Crippen molar-refractivity contribution in [1.82, 2.24) is 30.6 Å². The fraction of sp³-hybridized carbons (Fsp3) is 0.158. The molecule has 0 bridgehead atoms. The maximum absolute atomic E-state index is 13.1. The molecule has 0 aliphatic rings. The van der Waals surface area contributed by atoms with Gasteiger partial charge in [-0.05, 0) is 35.0 Å². The number of esters is 1. The highest BCUT2D eigenvalue weighted by atomic mass is 32.2. The summed E-state index contributed by atoms with van der Waals surface area (Å²) in [5, 5.41) is 18.4. The summed E-state index contributed by atoms with van der Waals surface area (Å²) in [7, 11) is -9.75. The Balaban J connectivity index is 1.92. The number of sulfonamides is 1. The lowest BCUT2D eigenvalue weighted by atomic mass is 10.00. The highest BCUT2D eigenvalue weighted by molar-refractivity contribution is 7.93. The van der Waals surface area contributed by atoms with Gasteiger partial charge in [-0.2, -0.15) is 18.4 Å². The Kier molecular flexibility index (Phi) is 6.86. The molecule has 1 unspecified atom stereocenters. The minimum Gasteiger partial charge on any atom is -0.439 e. The number of hydrogen-bond acceptors (Lipinski definition) is 12. The predicted molar refractivity (Wildman–Crippen MR) is 122 cm³/mol. The zero-order chi connectivity index (χ0) is 27.9. The Hall–Kier alpha value is -4.07. The predicted octanol–water partition coefficient (Wildman–Crippen LogP) is 0.288. The number of sulfone groups is 1. The zero-order valence-electron chi connectivity index (χ0n) is 18.6. The molecule has 14 nitrogen and oxygen atoms in total. The van der Waals surface area contributed by atoms with Crippen molar-refractivity contribution in [3.05, 3.63) is 42.7 Å². The van der Waals surface area contributed by atoms with Crippen molar-refractivity contribution < 1.29 is 39.5 Å². The normalized spacial score (nSPS) is 13.4. The van der Waals surface area contributed by atoms with E-state index in [-0.39, 0.29) is 17.0 Å². The smallest absolute Gasteiger partial charge is 0.439 e. The summed E-state index contributed by atoms with van der Waals surface area (Å²) in [4.78, 5) is 17.5. The van der Waals surface area contributed by atoms with Crippen LogP contribution in [0.25, 0.3) is 33.5 Å². The van der Waals surface area contributed by atoms with Gasteiger partial charge in [0.15, 0.2) is 16.1 Å². The van der Waals surface area contributed by atoms with Crippen molar-refractivity contribution in [3.63, 3.8) is 0 Å². The summed E-state index contributed by atoms with van der Waals surface area (Å²) in [5.41, 5.74) is 6.14. The lowest BCUT2D eigenvalue weighted by molar-refractivity contribution is -0.203. The van der Waals surface area contributed by atoms with Crippen molar-refractivity contribution in [2.45, 2.75) is 22.2 Å². The van der Waals surface area contributed by atoms with Crippen LogP contribution in [0.15, 0.2) is 52.5 Å². The van der Waals surface area contributed by atoms with Gasteiger partial charge in [-0.1, -0.05) is 6.07 Å². The van der Waals surface area contributed by atoms with E-state index in [4.69, 9.17) is 10.9 Å². The molecule has 19 heteroatoms. The van der Waals surface area contributed by atoms with Crippen LogP contribution in [-0.4, -0.2) is 71.6 Å². The molecule has 5 N–H and O–H groups in total. The zero-order valence-corrected chi connectivity index (χ0v) is 20.2. The van der Waals surface area contributed by atoms with Crippen LogP contribution in [0.1, 0.15) is 0 Å². The summed E-state index contributed by atoms with van der Waals surface area (Å²) >= 11 is 0. The number of pyridine rings is 2. The van der Waals surface area contributed by atoms with Gasteiger partial charge in [0.25, 0.3) is 0 Å². The average Bonchev–Trinajstić information content (AvgIpc) is 3.36. The molecule has 1 atom stereocenters. The molecule has 1 aromatic carbocycles. The number of ether oxygens (including phenoxy) is 1. The third-order valence-corrected chi connectivity index (χ3v) is 7.85. The lowest BCUT2D eigenvalue weighted by Gasteiger charge is -2.18. The summed E-state index contributed by atoms with van der Waals surface area (Å²) in [6, 6.07) is 6.90. The first-order valence-electron chi connectivity index (χ1n) is 10.1. The van der Waals surface area contributed by atoms with E-state index < -0.39 is 59.3 Å². The second-order valence-electron chi connectivity index (χ2n) is 7.58. The molecular weight excluding hydrogens is 557 g/mol. The summed E-state index contributed by atoms with van der Waals surface area (Å²) < 4.78 is 93.1. The molecule has 0 saturated carbocycles. The maximum atomic E-state index is 13.1. The summed E-state index contributed by atoms with van der Waals surface area (Å²) in [6.45, 7) is 0. The largest absolute Gasteiger partial charge is 0.490 e. The van der Waals surface area contributed by atoms with Crippen LogP contribution in [0.5, 0.6) is 0 Å². The fourth-order valence-electron chi connectivity index (χ4n) is 3.47. The molecule has 38 heavy (non-hydrogen) atoms. The molecule has 0 aliphatic heterocycles. The third kappa shape index (κ3) is 5.44. The molecule has 0 aliphatic carbocycles. The van der Waals surface area contributed by atoms with Crippen molar-refractivity contribution in [2.75, 3.05) is 5.75 Å². The van der Waals surface area contributed by atoms with Crippen LogP contribution in [0, 0.1) is 0 Å². The Morgan fingerprint density at radius 3 is 2.47 bits per heavy atom. The number of nitrogens with two attached hydrogens (primary N) is 2. The molecule has 4 rings (SSSR count). The van der Waals surface area contributed by atoms with Crippen molar-refractivity contribution in [2.24, 2.45) is 10.9 Å². The molecule has 0 spiro atoms. The number of benzene rings is 1. The van der Waals surface area contributed by atoms with E-state index >= 15 is 0 Å². The molecule has 0 fully saturated rings. The molecule has 0 amide bonds. The number of hydrogen-bond donors (Lipinski definition) is 3. The van der Waals surface area contributed by atoms with E-state index in [1.165, 1.54) is 24.5 Å². The highest BCUT2D eigenvalue weighted by Crippen LogP contribution is 2.39. The topological polar surface area (TPSA) is 227 Å². The number of nitrogens with zero attached hydrogens (tertiary/aromatic N) is 5. The van der Waals surface area contributed by atoms with Crippen LogP contribution >= 0.6 is 0 Å². The summed E-state index contributed by atoms with van der Waals surface area (Å²) in [6.07, 6.45) is -4.89. The van der Waals surface area contributed by atoms with Gasteiger partial charge in [-0.15, -0.1) is 10.2 Å². The van der Waals surface area contributed by atoms with Gasteiger partial charge in [-0.3, -0.25) is 15.7 Å². The van der Waals surface area contributed by atoms with Crippen LogP contribution in [0.2, 0.25) is 0 Å². The minimum atomic E-state index is -5.44. The van der Waals surface area contributed by atoms with Gasteiger partial charge in [0, 0.05) is 18.0 Å². The standard InChI is InChI=1S/C19H15F3N8O6S2/c20-19(21,22)18(31)36-14(23)8-37(32,33)13-4-3-10(9-6-12-11(26-7-9)2-1-5-25-12)15(16(13)38(24,34)35)17-27-29-30-28-17/h1-7,14H,8,23H2,(H2,24,34,35)(H,27,28,29,30). The van der Waals surface area contributed by atoms with Gasteiger partial charge in [0.05, 0.1) is 21.5 Å². The average molecular weight is 573 g/mol. The highest BCUT2D eigenvalue weighted by Gasteiger charge is 2.43. The van der Waals surface area contributed by atoms with E-state index in [9.17, 15) is 34.8 Å². The number of carbonyl (C=O) groups excluding carboxylic acids is 1. The number of aromatic nitrogens is 6. The first-order chi connectivity index (χ1) is 17.7. The van der Waals surface area contributed by atoms with Gasteiger partial charge in [0.2, 0.25) is 15.8 Å². The number of H-pyrrole nitrogens is 1. The van der Waals surface area contributed by atoms with Crippen LogP contribution in [0.4, 0.5) is 13.2 Å². The molecule has 0 saturated heterocycles. The number of halogens is 3. The van der Waals surface area contributed by atoms with Crippen molar-refractivity contribution in [3.8, 4) is 22.5 Å². The fourth-order valence-corrected chi connectivity index (χ4v) is 6.37. The van der Waals surface area contributed by atoms with E-state index in [2.05, 4.69) is 35.3 Å². The number of alkyl halides is 3. The van der Waals surface area contributed by atoms with E-state index in [1.54, 1.807) is 12.1 Å². The van der Waals surface area contributed by atoms with Crippen LogP contribution in [-0.2, 0) is 29.4 Å². The first-order valence-corrected chi connectivity index (χ1v) is 13.3. The number of nitrogens with one attached hydrogen (secondary N) is 1. The Morgan fingerprint density at radius 1 is 1.11 bits per heavy atom. The molecule has 3 heterocycles. The third-order valence-electron chi connectivity index (χ3n) is 4.95. The number of carbonyl (C=O) groups is 1. The van der Waals surface area contributed by atoms with Crippen LogP contribution in [0.3, 0.4) is 0 Å². The second-order valence-corrected chi connectivity index (χ2v) is 11.1. The van der Waals surface area contributed by atoms with Gasteiger partial charge >= 0.3 is 12.1 Å². The number of aromatic amines is 1. The van der Waals surface area contributed by atoms with Crippen molar-refractivity contribution in [1.29, 1.82) is 0 Å². The molecule has 3 aromatic heterocycles. The Labute approximate surface area is 211 Å². The number of primary sulfonamides is 1. The van der Waals surface area contributed by atoms with E-state index in [1.807, 2.05) is 0 Å². The van der Waals surface area contributed by atoms with E-state index in [0.29, 0.717) is 11.0 Å². The van der Waals surface area contributed by atoms with E-state index in [0.717, 1.165) is 6.07 Å². The van der Waals surface area contributed by atoms with Crippen molar-refractivity contribution >= 4 is 36.9 Å². The van der Waals surface area contributed by atoms with Gasteiger partial charge < -0.3 is 4.74 Å². The number of tetrazole rings is 1. The monoisotopic (exact) mass is 572 g/mol. The minimum absolute atomic E-state index is 0.0576.